The van der Waals surface area contributed by atoms with Crippen LogP contribution in [0.3, 0.4) is 0 Å². The van der Waals surface area contributed by atoms with E-state index in [0.29, 0.717) is 11.4 Å². The second-order valence-electron chi connectivity index (χ2n) is 5.24. The van der Waals surface area contributed by atoms with E-state index in [0.717, 1.165) is 21.2 Å². The fraction of sp³-hybridized carbons (Fsp3) is 0. The fourth-order valence-corrected chi connectivity index (χ4v) is 3.27. The van der Waals surface area contributed by atoms with Gasteiger partial charge in [-0.2, -0.15) is 10.2 Å². The van der Waals surface area contributed by atoms with Crippen LogP contribution >= 0.6 is 8.18 Å². The van der Waals surface area contributed by atoms with E-state index in [1.807, 2.05) is 24.4 Å². The molecule has 24 heavy (non-hydrogen) atoms. The first-order chi connectivity index (χ1) is 11.7. The molecule has 2 heterocycles. The molecule has 7 nitrogen and oxygen atoms in total. The molecule has 0 aliphatic carbocycles. The van der Waals surface area contributed by atoms with E-state index < -0.39 is 8.18 Å². The van der Waals surface area contributed by atoms with Crippen molar-refractivity contribution in [2.75, 3.05) is 4.67 Å². The van der Waals surface area contributed by atoms with Gasteiger partial charge in [-0.05, 0) is 28.8 Å². The van der Waals surface area contributed by atoms with Gasteiger partial charge in [0.05, 0.1) is 23.8 Å². The number of nitrogens with zero attached hydrogens (tertiary/aromatic N) is 3. The van der Waals surface area contributed by atoms with Crippen molar-refractivity contribution in [3.63, 3.8) is 0 Å². The summed E-state index contributed by atoms with van der Waals surface area (Å²) in [4.78, 5) is 11.9. The maximum absolute atomic E-state index is 11.9. The van der Waals surface area contributed by atoms with Crippen molar-refractivity contribution in [3.8, 4) is 0 Å². The molecule has 1 aliphatic heterocycles. The van der Waals surface area contributed by atoms with Gasteiger partial charge in [-0.25, -0.2) is 0 Å². The minimum absolute atomic E-state index is 0.553. The summed E-state index contributed by atoms with van der Waals surface area (Å²) >= 11 is 0. The zero-order chi connectivity index (χ0) is 16.5. The summed E-state index contributed by atoms with van der Waals surface area (Å²) in [6, 6.07) is 10.8. The van der Waals surface area contributed by atoms with Crippen LogP contribution in [0, 0.1) is 0 Å². The molecule has 4 rings (SSSR count). The summed E-state index contributed by atoms with van der Waals surface area (Å²) in [6.45, 7) is 0. The second-order valence-corrected chi connectivity index (χ2v) is 6.12. The smallest absolute Gasteiger partial charge is 0.445 e. The van der Waals surface area contributed by atoms with Gasteiger partial charge in [-0.1, -0.05) is 12.1 Å². The standard InChI is InChI=1S/C16H12N5O2P/c22-24(23)21(15-3-1-11-7-17-19-9-13(11)5-15)16-4-2-12-8-18-20-10-14(12)6-16/h1-10,17,19H. The molecule has 2 aromatic carbocycles. The molecule has 0 saturated heterocycles. The fourth-order valence-electron chi connectivity index (χ4n) is 2.64. The molecule has 3 aromatic rings. The van der Waals surface area contributed by atoms with Crippen LogP contribution in [0.25, 0.3) is 23.2 Å². The monoisotopic (exact) mass is 337 g/mol. The maximum Gasteiger partial charge on any atom is 0.445 e. The van der Waals surface area contributed by atoms with Crippen molar-refractivity contribution in [2.45, 2.75) is 0 Å². The lowest BCUT2D eigenvalue weighted by molar-refractivity contribution is -0.164. The first kappa shape index (κ1) is 14.6. The minimum atomic E-state index is -2.85. The third kappa shape index (κ3) is 2.56. The van der Waals surface area contributed by atoms with Crippen LogP contribution < -0.4 is 30.9 Å². The molecule has 0 bridgehead atoms. The van der Waals surface area contributed by atoms with Gasteiger partial charge < -0.3 is 15.7 Å². The average molecular weight is 337 g/mol. The number of nitrogens with one attached hydrogen (secondary N) is 2. The first-order valence-electron chi connectivity index (χ1n) is 7.19. The Balaban J connectivity index is 1.86. The van der Waals surface area contributed by atoms with E-state index >= 15 is 0 Å². The Hall–Kier alpha value is -3.02. The Morgan fingerprint density at radius 1 is 0.875 bits per heavy atom. The van der Waals surface area contributed by atoms with Crippen molar-refractivity contribution in [2.24, 2.45) is 0 Å². The van der Waals surface area contributed by atoms with Crippen LogP contribution in [-0.2, 0) is 4.57 Å². The highest BCUT2D eigenvalue weighted by Gasteiger charge is 2.22. The van der Waals surface area contributed by atoms with E-state index in [2.05, 4.69) is 21.0 Å². The highest BCUT2D eigenvalue weighted by Crippen LogP contribution is 2.36. The lowest BCUT2D eigenvalue weighted by Gasteiger charge is -2.16. The topological polar surface area (TPSA) is 93.2 Å². The summed E-state index contributed by atoms with van der Waals surface area (Å²) in [5.41, 5.74) is 6.90. The molecule has 2 N–H and O–H groups in total. The van der Waals surface area contributed by atoms with Gasteiger partial charge in [0.15, 0.2) is 0 Å². The normalized spacial score (nSPS) is 13.0. The van der Waals surface area contributed by atoms with Crippen molar-refractivity contribution >= 4 is 42.7 Å². The Morgan fingerprint density at radius 2 is 1.54 bits per heavy atom. The van der Waals surface area contributed by atoms with E-state index in [1.165, 1.54) is 4.67 Å². The van der Waals surface area contributed by atoms with Crippen molar-refractivity contribution < 1.29 is 9.46 Å². The van der Waals surface area contributed by atoms with E-state index in [9.17, 15) is 9.46 Å². The summed E-state index contributed by atoms with van der Waals surface area (Å²) in [5.74, 6) is 0. The molecule has 1 atom stereocenters. The average Bonchev–Trinajstić information content (AvgIpc) is 2.61. The Bertz CT molecular complexity index is 1070. The SMILES string of the molecule is O=[P+]([O-])N(c1ccc2c(c1)=CNNC=2)c1ccc2cnncc2c1. The molecule has 1 unspecified atom stereocenters. The van der Waals surface area contributed by atoms with Crippen LogP contribution in [0.15, 0.2) is 48.8 Å². The van der Waals surface area contributed by atoms with Crippen LogP contribution in [0.1, 0.15) is 0 Å². The Morgan fingerprint density at radius 3 is 2.33 bits per heavy atom. The molecule has 0 amide bonds. The van der Waals surface area contributed by atoms with Gasteiger partial charge in [0.2, 0.25) is 0 Å². The summed E-state index contributed by atoms with van der Waals surface area (Å²) in [6.07, 6.45) is 6.85. The highest BCUT2D eigenvalue weighted by molar-refractivity contribution is 7.39. The molecule has 0 radical (unpaired) electrons. The number of fused-ring (bicyclic) bond motifs is 2. The number of aromatic nitrogens is 2. The van der Waals surface area contributed by atoms with Gasteiger partial charge in [0.1, 0.15) is 0 Å². The summed E-state index contributed by atoms with van der Waals surface area (Å²) in [5, 5.41) is 11.3. The number of hydrogen-bond acceptors (Lipinski definition) is 6. The molecule has 0 saturated carbocycles. The maximum atomic E-state index is 11.9. The third-order valence-corrected chi connectivity index (χ3v) is 4.58. The van der Waals surface area contributed by atoms with E-state index in [-0.39, 0.29) is 0 Å². The van der Waals surface area contributed by atoms with Gasteiger partial charge in [-0.3, -0.25) is 0 Å². The van der Waals surface area contributed by atoms with E-state index in [1.54, 1.807) is 36.8 Å². The lowest BCUT2D eigenvalue weighted by atomic mass is 10.1. The van der Waals surface area contributed by atoms with Gasteiger partial charge >= 0.3 is 8.18 Å². The molecule has 0 spiro atoms. The van der Waals surface area contributed by atoms with Crippen LogP contribution in [-0.4, -0.2) is 10.2 Å². The zero-order valence-corrected chi connectivity index (χ0v) is 13.3. The molecular weight excluding hydrogens is 325 g/mol. The van der Waals surface area contributed by atoms with Crippen LogP contribution in [0.5, 0.6) is 0 Å². The van der Waals surface area contributed by atoms with Crippen molar-refractivity contribution in [3.05, 3.63) is 59.2 Å². The highest BCUT2D eigenvalue weighted by atomic mass is 31.1. The summed E-state index contributed by atoms with van der Waals surface area (Å²) < 4.78 is 13.2. The largest absolute Gasteiger partial charge is 0.573 e. The van der Waals surface area contributed by atoms with Gasteiger partial charge in [-0.15, -0.1) is 4.67 Å². The summed E-state index contributed by atoms with van der Waals surface area (Å²) in [7, 11) is -2.85. The number of rotatable bonds is 3. The minimum Gasteiger partial charge on any atom is -0.573 e. The number of anilines is 2. The molecule has 8 heteroatoms. The number of benzene rings is 2. The van der Waals surface area contributed by atoms with Crippen molar-refractivity contribution in [1.29, 1.82) is 0 Å². The third-order valence-electron chi connectivity index (χ3n) is 3.79. The molecule has 1 aromatic heterocycles. The number of hydrogen-bond donors (Lipinski definition) is 2. The first-order valence-corrected chi connectivity index (χ1v) is 8.32. The predicted molar refractivity (Wildman–Crippen MR) is 90.2 cm³/mol. The zero-order valence-electron chi connectivity index (χ0n) is 12.4. The van der Waals surface area contributed by atoms with Crippen LogP contribution in [0.2, 0.25) is 0 Å². The molecule has 118 valence electrons. The quantitative estimate of drug-likeness (QED) is 0.667. The predicted octanol–water partition coefficient (Wildman–Crippen LogP) is 0.369. The Labute approximate surface area is 137 Å². The Kier molecular flexibility index (Phi) is 3.57. The van der Waals surface area contributed by atoms with Gasteiger partial charge in [0.25, 0.3) is 0 Å². The molecular formula is C16H12N5O2P. The second kappa shape index (κ2) is 5.88. The number of hydrazine groups is 1. The lowest BCUT2D eigenvalue weighted by Crippen LogP contribution is -2.39. The molecule has 0 fully saturated rings. The van der Waals surface area contributed by atoms with Gasteiger partial charge in [0, 0.05) is 33.6 Å². The van der Waals surface area contributed by atoms with Crippen molar-refractivity contribution in [1.82, 2.24) is 21.0 Å². The van der Waals surface area contributed by atoms with Crippen LogP contribution in [0.4, 0.5) is 11.4 Å². The van der Waals surface area contributed by atoms with E-state index in [4.69, 9.17) is 0 Å². The molecule has 1 aliphatic rings.